The van der Waals surface area contributed by atoms with Crippen LogP contribution in [0.15, 0.2) is 23.8 Å². The first kappa shape index (κ1) is 43.0. The molecule has 4 rings (SSSR count). The van der Waals surface area contributed by atoms with Crippen molar-refractivity contribution in [1.82, 2.24) is 0 Å². The second-order valence-electron chi connectivity index (χ2n) is 17.9. The van der Waals surface area contributed by atoms with E-state index in [0.29, 0.717) is 23.9 Å². The Bertz CT molecular complexity index is 988. The molecule has 1 N–H and O–H groups in total. The lowest BCUT2D eigenvalue weighted by molar-refractivity contribution is -0.156. The third kappa shape index (κ3) is 12.6. The minimum absolute atomic E-state index is 0.0267. The summed E-state index contributed by atoms with van der Waals surface area (Å²) >= 11 is 0. The molecule has 0 aromatic heterocycles. The first-order chi connectivity index (χ1) is 22.6. The molecular formula is C44H80O4. The molecule has 0 heterocycles. The van der Waals surface area contributed by atoms with Crippen molar-refractivity contribution < 1.29 is 19.4 Å². The van der Waals surface area contributed by atoms with Crippen molar-refractivity contribution in [1.29, 1.82) is 0 Å². The van der Waals surface area contributed by atoms with Crippen molar-refractivity contribution in [3.63, 3.8) is 0 Å². The molecule has 0 aliphatic heterocycles. The molecule has 8 atom stereocenters. The Labute approximate surface area is 298 Å². The van der Waals surface area contributed by atoms with Crippen molar-refractivity contribution in [2.24, 2.45) is 46.3 Å². The topological polar surface area (TPSA) is 55.8 Å². The number of unbranched alkanes of at least 4 members (excludes halogenated alkanes) is 1. The maximum Gasteiger partial charge on any atom is 0.308 e. The van der Waals surface area contributed by atoms with Crippen LogP contribution in [0.25, 0.3) is 0 Å². The number of fused-ring (bicyclic) bond motifs is 5. The van der Waals surface area contributed by atoms with E-state index in [-0.39, 0.29) is 18.5 Å². The molecule has 0 aromatic rings. The molecule has 3 saturated carbocycles. The van der Waals surface area contributed by atoms with E-state index in [4.69, 9.17) is 9.47 Å². The van der Waals surface area contributed by atoms with Crippen LogP contribution in [-0.2, 0) is 14.3 Å². The molecular weight excluding hydrogens is 592 g/mol. The molecule has 0 radical (unpaired) electrons. The number of aliphatic hydroxyl groups is 1. The maximum atomic E-state index is 11.9. The molecule has 0 saturated heterocycles. The number of carbonyl (C=O) groups excluding carboxylic acids is 1. The van der Waals surface area contributed by atoms with Gasteiger partial charge in [0.25, 0.3) is 0 Å². The van der Waals surface area contributed by atoms with Crippen molar-refractivity contribution in [2.45, 2.75) is 197 Å². The Morgan fingerprint density at radius 2 is 1.67 bits per heavy atom. The highest BCUT2D eigenvalue weighted by atomic mass is 16.6. The van der Waals surface area contributed by atoms with Crippen LogP contribution in [-0.4, -0.2) is 35.5 Å². The monoisotopic (exact) mass is 673 g/mol. The molecule has 3 fully saturated rings. The predicted molar refractivity (Wildman–Crippen MR) is 205 cm³/mol. The standard InChI is InChI=1S/C37H62O4.C5H12.C2H6/c1-26(2)12-8-9-13-27-16-18-32-31-17-15-28-24-30(19-21-37(28,7)33(31)20-22-36(27,32)6)40-23-11-10-14-29(38)25-34(39)41-35(3,4)5;1-4-5(2)3;1-2/h10-11,15,26-27,29-33,38H,8-9,12-14,16-25H2,1-7H3;5H,4H2,1-3H3;1-2H3/b11-10+;;. The molecule has 280 valence electrons. The average Bonchev–Trinajstić information content (AvgIpc) is 3.35. The summed E-state index contributed by atoms with van der Waals surface area (Å²) in [5.41, 5.74) is 2.10. The van der Waals surface area contributed by atoms with Gasteiger partial charge in [0, 0.05) is 0 Å². The molecule has 0 spiro atoms. The highest BCUT2D eigenvalue weighted by Crippen LogP contribution is 2.66. The second kappa shape index (κ2) is 20.0. The summed E-state index contributed by atoms with van der Waals surface area (Å²) < 4.78 is 11.6. The third-order valence-electron chi connectivity index (χ3n) is 12.5. The van der Waals surface area contributed by atoms with Crippen molar-refractivity contribution >= 4 is 5.97 Å². The normalized spacial score (nSPS) is 31.9. The Hall–Kier alpha value is -1.13. The summed E-state index contributed by atoms with van der Waals surface area (Å²) in [6.45, 7) is 26.7. The van der Waals surface area contributed by atoms with Gasteiger partial charge in [-0.2, -0.15) is 0 Å². The summed E-state index contributed by atoms with van der Waals surface area (Å²) in [5, 5.41) is 10.2. The quantitative estimate of drug-likeness (QED) is 0.120. The average molecular weight is 673 g/mol. The fourth-order valence-corrected chi connectivity index (χ4v) is 9.47. The first-order valence-electron chi connectivity index (χ1n) is 20.4. The maximum absolute atomic E-state index is 11.9. The van der Waals surface area contributed by atoms with Gasteiger partial charge < -0.3 is 14.6 Å². The lowest BCUT2D eigenvalue weighted by atomic mass is 9.47. The van der Waals surface area contributed by atoms with Gasteiger partial charge in [0.05, 0.1) is 25.2 Å². The number of rotatable bonds is 13. The number of hydrogen-bond donors (Lipinski definition) is 1. The van der Waals surface area contributed by atoms with Crippen LogP contribution < -0.4 is 0 Å². The number of esters is 1. The summed E-state index contributed by atoms with van der Waals surface area (Å²) in [7, 11) is 0. The summed E-state index contributed by atoms with van der Waals surface area (Å²) in [6, 6.07) is 0. The van der Waals surface area contributed by atoms with Crippen LogP contribution in [0, 0.1) is 46.3 Å². The van der Waals surface area contributed by atoms with Crippen molar-refractivity contribution in [3.8, 4) is 0 Å². The summed E-state index contributed by atoms with van der Waals surface area (Å²) in [5.74, 6) is 4.99. The highest BCUT2D eigenvalue weighted by Gasteiger charge is 2.58. The van der Waals surface area contributed by atoms with Gasteiger partial charge in [-0.15, -0.1) is 0 Å². The van der Waals surface area contributed by atoms with Gasteiger partial charge in [-0.05, 0) is 131 Å². The van der Waals surface area contributed by atoms with Gasteiger partial charge in [-0.1, -0.05) is 112 Å². The molecule has 0 bridgehead atoms. The lowest BCUT2D eigenvalue weighted by Crippen LogP contribution is -2.50. The third-order valence-corrected chi connectivity index (χ3v) is 12.5. The predicted octanol–water partition coefficient (Wildman–Crippen LogP) is 12.3. The lowest BCUT2D eigenvalue weighted by Gasteiger charge is -2.58. The highest BCUT2D eigenvalue weighted by molar-refractivity contribution is 5.70. The molecule has 4 aliphatic carbocycles. The van der Waals surface area contributed by atoms with E-state index >= 15 is 0 Å². The minimum Gasteiger partial charge on any atom is -0.460 e. The van der Waals surface area contributed by atoms with Gasteiger partial charge >= 0.3 is 5.97 Å². The Balaban J connectivity index is 0.00000105. The van der Waals surface area contributed by atoms with Crippen molar-refractivity contribution in [2.75, 3.05) is 6.61 Å². The minimum atomic E-state index is -0.714. The first-order valence-corrected chi connectivity index (χ1v) is 20.4. The van der Waals surface area contributed by atoms with Crippen LogP contribution in [0.4, 0.5) is 0 Å². The molecule has 4 heteroatoms. The van der Waals surface area contributed by atoms with Gasteiger partial charge in [0.2, 0.25) is 0 Å². The van der Waals surface area contributed by atoms with E-state index in [9.17, 15) is 9.90 Å². The van der Waals surface area contributed by atoms with Gasteiger partial charge in [-0.3, -0.25) is 4.79 Å². The molecule has 4 aliphatic rings. The van der Waals surface area contributed by atoms with E-state index < -0.39 is 11.7 Å². The van der Waals surface area contributed by atoms with E-state index in [0.717, 1.165) is 48.3 Å². The summed E-state index contributed by atoms with van der Waals surface area (Å²) in [4.78, 5) is 11.9. The van der Waals surface area contributed by atoms with Crippen molar-refractivity contribution in [3.05, 3.63) is 23.8 Å². The van der Waals surface area contributed by atoms with Gasteiger partial charge in [0.15, 0.2) is 0 Å². The zero-order valence-corrected chi connectivity index (χ0v) is 33.8. The SMILES string of the molecule is CC.CC(C)CCCCC1CCC2C3CC=C4CC(OC/C=C/CC(O)CC(=O)OC(C)(C)C)CCC4(C)C3CCC12C.CCC(C)C. The van der Waals surface area contributed by atoms with Crippen LogP contribution >= 0.6 is 0 Å². The van der Waals surface area contributed by atoms with Gasteiger partial charge in [-0.25, -0.2) is 0 Å². The Kier molecular flexibility index (Phi) is 18.0. The number of hydrogen-bond acceptors (Lipinski definition) is 4. The molecule has 4 nitrogen and oxygen atoms in total. The number of aliphatic hydroxyl groups excluding tert-OH is 1. The zero-order chi connectivity index (χ0) is 36.1. The molecule has 8 unspecified atom stereocenters. The fourth-order valence-electron chi connectivity index (χ4n) is 9.47. The summed E-state index contributed by atoms with van der Waals surface area (Å²) in [6.07, 6.45) is 24.2. The Morgan fingerprint density at radius 1 is 0.979 bits per heavy atom. The Morgan fingerprint density at radius 3 is 2.29 bits per heavy atom. The van der Waals surface area contributed by atoms with E-state index in [2.05, 4.69) is 54.5 Å². The van der Waals surface area contributed by atoms with Gasteiger partial charge in [0.1, 0.15) is 5.60 Å². The largest absolute Gasteiger partial charge is 0.460 e. The number of allylic oxidation sites excluding steroid dienone is 1. The molecule has 0 amide bonds. The van der Waals surface area contributed by atoms with Crippen LogP contribution in [0.1, 0.15) is 179 Å². The second-order valence-corrected chi connectivity index (χ2v) is 17.9. The zero-order valence-electron chi connectivity index (χ0n) is 33.8. The fraction of sp³-hybridized carbons (Fsp3) is 0.886. The molecule has 48 heavy (non-hydrogen) atoms. The van der Waals surface area contributed by atoms with E-state index in [1.807, 2.05) is 46.8 Å². The molecule has 0 aromatic carbocycles. The smallest absolute Gasteiger partial charge is 0.308 e. The van der Waals surface area contributed by atoms with Crippen LogP contribution in [0.5, 0.6) is 0 Å². The van der Waals surface area contributed by atoms with E-state index in [1.165, 1.54) is 70.6 Å². The number of ether oxygens (including phenoxy) is 2. The van der Waals surface area contributed by atoms with Crippen LogP contribution in [0.2, 0.25) is 0 Å². The van der Waals surface area contributed by atoms with E-state index in [1.54, 1.807) is 5.57 Å². The van der Waals surface area contributed by atoms with Crippen LogP contribution in [0.3, 0.4) is 0 Å². The number of carbonyl (C=O) groups is 1.